The average molecular weight is 399 g/mol. The Labute approximate surface area is 169 Å². The van der Waals surface area contributed by atoms with Gasteiger partial charge in [-0.15, -0.1) is 0 Å². The molecule has 0 bridgehead atoms. The minimum atomic E-state index is 0.618. The first-order chi connectivity index (χ1) is 13.6. The molecule has 1 heterocycles. The van der Waals surface area contributed by atoms with Crippen molar-refractivity contribution >= 4 is 28.9 Å². The van der Waals surface area contributed by atoms with Gasteiger partial charge in [-0.2, -0.15) is 0 Å². The van der Waals surface area contributed by atoms with Crippen LogP contribution < -0.4 is 20.1 Å². The maximum atomic E-state index is 6.10. The molecule has 0 saturated heterocycles. The highest BCUT2D eigenvalue weighted by molar-refractivity contribution is 6.31. The molecule has 3 rings (SSSR count). The zero-order chi connectivity index (χ0) is 19.9. The van der Waals surface area contributed by atoms with Crippen molar-refractivity contribution in [1.29, 1.82) is 0 Å². The molecule has 28 heavy (non-hydrogen) atoms. The van der Waals surface area contributed by atoms with Crippen molar-refractivity contribution in [1.82, 2.24) is 9.97 Å². The summed E-state index contributed by atoms with van der Waals surface area (Å²) in [6.45, 7) is 2.61. The highest BCUT2D eigenvalue weighted by Crippen LogP contribution is 2.30. The molecule has 0 aliphatic rings. The lowest BCUT2D eigenvalue weighted by molar-refractivity contribution is 0.414. The SMILES string of the molecule is COc1ccc(CCNc2cc(Nc3cc(Cl)ccc3OC)nc(C)n2)cc1. The molecule has 0 atom stereocenters. The Bertz CT molecular complexity index is 932. The van der Waals surface area contributed by atoms with Crippen LogP contribution in [0.25, 0.3) is 0 Å². The number of hydrogen-bond acceptors (Lipinski definition) is 6. The largest absolute Gasteiger partial charge is 0.497 e. The number of hydrogen-bond donors (Lipinski definition) is 2. The van der Waals surface area contributed by atoms with Crippen molar-refractivity contribution in [2.24, 2.45) is 0 Å². The van der Waals surface area contributed by atoms with Gasteiger partial charge in [-0.1, -0.05) is 23.7 Å². The highest BCUT2D eigenvalue weighted by atomic mass is 35.5. The van der Waals surface area contributed by atoms with Crippen LogP contribution in [0.3, 0.4) is 0 Å². The van der Waals surface area contributed by atoms with Crippen LogP contribution in [0.2, 0.25) is 5.02 Å². The molecule has 0 unspecified atom stereocenters. The predicted octanol–water partition coefficient (Wildman–Crippen LogP) is 4.85. The Balaban J connectivity index is 1.66. The number of halogens is 1. The number of nitrogens with zero attached hydrogens (tertiary/aromatic N) is 2. The van der Waals surface area contributed by atoms with Crippen LogP contribution in [0.15, 0.2) is 48.5 Å². The van der Waals surface area contributed by atoms with E-state index in [0.717, 1.165) is 30.2 Å². The van der Waals surface area contributed by atoms with Crippen LogP contribution in [0.1, 0.15) is 11.4 Å². The molecule has 0 aliphatic carbocycles. The van der Waals surface area contributed by atoms with Gasteiger partial charge < -0.3 is 20.1 Å². The molecule has 2 N–H and O–H groups in total. The number of ether oxygens (including phenoxy) is 2. The van der Waals surface area contributed by atoms with E-state index in [0.29, 0.717) is 22.4 Å². The van der Waals surface area contributed by atoms with Crippen LogP contribution in [-0.2, 0) is 6.42 Å². The number of benzene rings is 2. The van der Waals surface area contributed by atoms with Gasteiger partial charge in [0.25, 0.3) is 0 Å². The number of aromatic nitrogens is 2. The molecule has 6 nitrogen and oxygen atoms in total. The summed E-state index contributed by atoms with van der Waals surface area (Å²) in [6, 6.07) is 15.3. The monoisotopic (exact) mass is 398 g/mol. The zero-order valence-electron chi connectivity index (χ0n) is 16.1. The van der Waals surface area contributed by atoms with Crippen molar-refractivity contribution in [3.8, 4) is 11.5 Å². The second-order valence-corrected chi connectivity index (χ2v) is 6.62. The minimum absolute atomic E-state index is 0.618. The van der Waals surface area contributed by atoms with Crippen LogP contribution in [0.4, 0.5) is 17.3 Å². The maximum absolute atomic E-state index is 6.10. The summed E-state index contributed by atoms with van der Waals surface area (Å²) >= 11 is 6.10. The summed E-state index contributed by atoms with van der Waals surface area (Å²) in [4.78, 5) is 8.90. The molecule has 0 fully saturated rings. The van der Waals surface area contributed by atoms with Crippen molar-refractivity contribution in [2.45, 2.75) is 13.3 Å². The van der Waals surface area contributed by atoms with Gasteiger partial charge in [0.1, 0.15) is 29.0 Å². The van der Waals surface area contributed by atoms with Gasteiger partial charge in [-0.25, -0.2) is 9.97 Å². The molecule has 7 heteroatoms. The quantitative estimate of drug-likeness (QED) is 0.565. The van der Waals surface area contributed by atoms with Crippen LogP contribution in [0.5, 0.6) is 11.5 Å². The van der Waals surface area contributed by atoms with E-state index >= 15 is 0 Å². The molecule has 0 radical (unpaired) electrons. The van der Waals surface area contributed by atoms with Crippen molar-refractivity contribution in [3.05, 3.63) is 64.9 Å². The molecule has 2 aromatic carbocycles. The van der Waals surface area contributed by atoms with E-state index in [9.17, 15) is 0 Å². The number of anilines is 3. The van der Waals surface area contributed by atoms with E-state index in [-0.39, 0.29) is 0 Å². The van der Waals surface area contributed by atoms with E-state index in [4.69, 9.17) is 21.1 Å². The Kier molecular flexibility index (Phi) is 6.55. The summed E-state index contributed by atoms with van der Waals surface area (Å²) in [5.41, 5.74) is 1.97. The maximum Gasteiger partial charge on any atom is 0.142 e. The van der Waals surface area contributed by atoms with E-state index in [1.54, 1.807) is 26.4 Å². The number of nitrogens with one attached hydrogen (secondary N) is 2. The van der Waals surface area contributed by atoms with Gasteiger partial charge in [0.05, 0.1) is 19.9 Å². The molecule has 0 amide bonds. The molecule has 0 aliphatic heterocycles. The molecular weight excluding hydrogens is 376 g/mol. The zero-order valence-corrected chi connectivity index (χ0v) is 16.9. The summed E-state index contributed by atoms with van der Waals surface area (Å²) in [6.07, 6.45) is 0.873. The van der Waals surface area contributed by atoms with Crippen LogP contribution in [-0.4, -0.2) is 30.7 Å². The standard InChI is InChI=1S/C21H23ClN4O2/c1-14-24-20(23-11-10-15-4-7-17(27-2)8-5-15)13-21(25-14)26-18-12-16(22)6-9-19(18)28-3/h4-9,12-13H,10-11H2,1-3H3,(H2,23,24,25,26). The molecule has 1 aromatic heterocycles. The van der Waals surface area contributed by atoms with E-state index in [1.807, 2.05) is 31.2 Å². The lowest BCUT2D eigenvalue weighted by Gasteiger charge is -2.13. The van der Waals surface area contributed by atoms with Crippen molar-refractivity contribution in [2.75, 3.05) is 31.4 Å². The summed E-state index contributed by atoms with van der Waals surface area (Å²) in [7, 11) is 3.28. The van der Waals surface area contributed by atoms with Gasteiger partial charge in [0, 0.05) is 17.6 Å². The fraction of sp³-hybridized carbons (Fsp3) is 0.238. The third kappa shape index (κ3) is 5.27. The Hall–Kier alpha value is -2.99. The van der Waals surface area contributed by atoms with Crippen molar-refractivity contribution < 1.29 is 9.47 Å². The van der Waals surface area contributed by atoms with Gasteiger partial charge in [-0.3, -0.25) is 0 Å². The third-order valence-electron chi connectivity index (χ3n) is 4.14. The van der Waals surface area contributed by atoms with E-state index in [2.05, 4.69) is 32.7 Å². The number of rotatable bonds is 8. The predicted molar refractivity (Wildman–Crippen MR) is 113 cm³/mol. The Morgan fingerprint density at radius 1 is 0.929 bits per heavy atom. The van der Waals surface area contributed by atoms with E-state index in [1.165, 1.54) is 5.56 Å². The first-order valence-electron chi connectivity index (χ1n) is 8.90. The first kappa shape index (κ1) is 19.8. The Morgan fingerprint density at radius 3 is 2.39 bits per heavy atom. The summed E-state index contributed by atoms with van der Waals surface area (Å²) < 4.78 is 10.6. The minimum Gasteiger partial charge on any atom is -0.497 e. The number of aryl methyl sites for hydroxylation is 1. The van der Waals surface area contributed by atoms with Gasteiger partial charge in [0.15, 0.2) is 0 Å². The molecule has 146 valence electrons. The first-order valence-corrected chi connectivity index (χ1v) is 9.28. The summed E-state index contributed by atoms with van der Waals surface area (Å²) in [5, 5.41) is 7.22. The fourth-order valence-electron chi connectivity index (χ4n) is 2.77. The highest BCUT2D eigenvalue weighted by Gasteiger charge is 2.07. The molecule has 0 spiro atoms. The van der Waals surface area contributed by atoms with Gasteiger partial charge in [-0.05, 0) is 49.2 Å². The lowest BCUT2D eigenvalue weighted by Crippen LogP contribution is -2.08. The topological polar surface area (TPSA) is 68.3 Å². The third-order valence-corrected chi connectivity index (χ3v) is 4.38. The second kappa shape index (κ2) is 9.28. The molecule has 3 aromatic rings. The second-order valence-electron chi connectivity index (χ2n) is 6.18. The van der Waals surface area contributed by atoms with E-state index < -0.39 is 0 Å². The number of methoxy groups -OCH3 is 2. The average Bonchev–Trinajstić information content (AvgIpc) is 2.68. The smallest absolute Gasteiger partial charge is 0.142 e. The Morgan fingerprint density at radius 2 is 1.68 bits per heavy atom. The van der Waals surface area contributed by atoms with Crippen LogP contribution >= 0.6 is 11.6 Å². The van der Waals surface area contributed by atoms with Gasteiger partial charge >= 0.3 is 0 Å². The molecular formula is C21H23ClN4O2. The lowest BCUT2D eigenvalue weighted by atomic mass is 10.1. The van der Waals surface area contributed by atoms with Gasteiger partial charge in [0.2, 0.25) is 0 Å². The van der Waals surface area contributed by atoms with Crippen molar-refractivity contribution in [3.63, 3.8) is 0 Å². The summed E-state index contributed by atoms with van der Waals surface area (Å²) in [5.74, 6) is 3.63. The fourth-order valence-corrected chi connectivity index (χ4v) is 2.94. The molecule has 0 saturated carbocycles. The normalized spacial score (nSPS) is 10.4. The van der Waals surface area contributed by atoms with Crippen LogP contribution in [0, 0.1) is 6.92 Å².